The summed E-state index contributed by atoms with van der Waals surface area (Å²) in [6, 6.07) is 0.714. The van der Waals surface area contributed by atoms with E-state index in [9.17, 15) is 64.0 Å². The quantitative estimate of drug-likeness (QED) is 0.0240. The van der Waals surface area contributed by atoms with Crippen LogP contribution in [0.1, 0.15) is 31.5 Å². The molecule has 1 aromatic heterocycles. The van der Waals surface area contributed by atoms with Crippen LogP contribution < -0.4 is 21.8 Å². The maximum absolute atomic E-state index is 13.4. The van der Waals surface area contributed by atoms with Crippen molar-refractivity contribution in [2.24, 2.45) is 10.3 Å². The molecular weight excluding hydrogens is 824 g/mol. The molecule has 0 unspecified atom stereocenters. The minimum absolute atomic E-state index is 0.0269. The van der Waals surface area contributed by atoms with Gasteiger partial charge in [0.25, 0.3) is 11.8 Å². The summed E-state index contributed by atoms with van der Waals surface area (Å²) in [4.78, 5) is 111. The number of aliphatic carboxylic acids is 2. The van der Waals surface area contributed by atoms with Gasteiger partial charge in [-0.2, -0.15) is 0 Å². The van der Waals surface area contributed by atoms with Crippen LogP contribution >= 0.6 is 34.7 Å². The maximum Gasteiger partial charge on any atom is 0.350 e. The van der Waals surface area contributed by atoms with E-state index < -0.39 is 130 Å². The zero-order valence-corrected chi connectivity index (χ0v) is 31.7. The highest BCUT2D eigenvalue weighted by atomic mass is 35.5. The highest BCUT2D eigenvalue weighted by Gasteiger charge is 2.66. The van der Waals surface area contributed by atoms with E-state index in [2.05, 4.69) is 31.4 Å². The highest BCUT2D eigenvalue weighted by Crippen LogP contribution is 2.49. The van der Waals surface area contributed by atoms with Crippen LogP contribution in [-0.4, -0.2) is 152 Å². The van der Waals surface area contributed by atoms with Gasteiger partial charge in [-0.25, -0.2) is 19.6 Å². The fourth-order valence-corrected chi connectivity index (χ4v) is 7.88. The van der Waals surface area contributed by atoms with Crippen LogP contribution in [0.3, 0.4) is 0 Å². The first-order valence-corrected chi connectivity index (χ1v) is 18.2. The zero-order chi connectivity index (χ0) is 42.1. The Morgan fingerprint density at radius 3 is 2.40 bits per heavy atom. The number of amides is 6. The Labute approximate surface area is 332 Å². The van der Waals surface area contributed by atoms with E-state index in [0.29, 0.717) is 16.8 Å². The molecule has 0 spiro atoms. The van der Waals surface area contributed by atoms with Gasteiger partial charge in [-0.15, -0.1) is 11.3 Å². The normalized spacial score (nSPS) is 21.1. The molecule has 4 heterocycles. The van der Waals surface area contributed by atoms with E-state index in [-0.39, 0.29) is 16.4 Å². The number of carbonyl (C=O) groups is 8. The third kappa shape index (κ3) is 7.99. The molecule has 0 aliphatic carbocycles. The molecule has 3 saturated heterocycles. The molecule has 0 saturated carbocycles. The van der Waals surface area contributed by atoms with Gasteiger partial charge < -0.3 is 56.6 Å². The van der Waals surface area contributed by atoms with Crippen molar-refractivity contribution in [2.75, 3.05) is 31.9 Å². The third-order valence-corrected chi connectivity index (χ3v) is 11.3. The summed E-state index contributed by atoms with van der Waals surface area (Å²) >= 11 is 7.44. The summed E-state index contributed by atoms with van der Waals surface area (Å²) in [5, 5.41) is 60.1. The number of carboxylic acids is 2. The van der Waals surface area contributed by atoms with Gasteiger partial charge in [0.05, 0.1) is 18.1 Å². The number of aromatic hydroxyl groups is 2. The summed E-state index contributed by atoms with van der Waals surface area (Å²) in [5.74, 6) is -10.7. The smallest absolute Gasteiger partial charge is 0.350 e. The fraction of sp³-hybridized carbons (Fsp3) is 0.367. The van der Waals surface area contributed by atoms with E-state index in [4.69, 9.17) is 22.2 Å². The van der Waals surface area contributed by atoms with Crippen molar-refractivity contribution in [1.82, 2.24) is 35.9 Å². The number of nitrogens with zero attached hydrogens (tertiary/aromatic N) is 6. The molecule has 57 heavy (non-hydrogen) atoms. The number of carbonyl (C=O) groups excluding carboxylic acids is 6. The molecule has 10 N–H and O–H groups in total. The summed E-state index contributed by atoms with van der Waals surface area (Å²) in [6.45, 7) is 0.527. The molecule has 3 aliphatic heterocycles. The standard InChI is InChI=1S/C30H31ClN10O14S2/c1-29(2,26(50)51)55-38-17(12-9-56-28(32)34-12)21(46)35-18-22(47)39-10-30(27(52)53,57-25(18)39)40-7-8-41(24(49)23(40)48)36-14(43)5-6-33-20(45)16(37-54)11-3-4-13(42)19(44)15(11)31/h3-4,9,18,25,42,44,54H,5-8,10H2,1-2H3,(H2,32,34)(H,33,45)(H,35,46)(H,36,43)(H,50,51)(H,52,53)/b37-16-,38-17-/t18-,25-,30-/m1/s1. The van der Waals surface area contributed by atoms with Gasteiger partial charge in [0.15, 0.2) is 28.1 Å². The Balaban J connectivity index is 1.20. The van der Waals surface area contributed by atoms with Gasteiger partial charge in [0, 0.05) is 30.5 Å². The number of piperazine rings is 1. The average Bonchev–Trinajstić information content (AvgIpc) is 3.75. The molecule has 3 fully saturated rings. The number of β-lactam (4-membered cyclic amide) rings is 1. The molecule has 304 valence electrons. The predicted octanol–water partition coefficient (Wildman–Crippen LogP) is -2.36. The van der Waals surface area contributed by atoms with E-state index in [1.165, 1.54) is 19.2 Å². The Kier molecular flexibility index (Phi) is 11.7. The van der Waals surface area contributed by atoms with Crippen LogP contribution in [0, 0.1) is 0 Å². The van der Waals surface area contributed by atoms with Crippen LogP contribution in [0.2, 0.25) is 5.02 Å². The number of hydrazine groups is 1. The molecule has 24 nitrogen and oxygen atoms in total. The SMILES string of the molecule is CC(C)(O/N=C(\C(=O)N[C@@H]1C(=O)N2C[C@@](C(=O)O)(N3CCN(NC(=O)CCNC(=O)/C(=N\O)c4ccc(O)c(O)c4Cl)C(=O)C3=O)S[C@H]12)c1csc(N)n1)C(=O)O. The molecule has 3 aliphatic rings. The topological polar surface area (TPSA) is 356 Å². The van der Waals surface area contributed by atoms with Gasteiger partial charge in [-0.3, -0.25) is 34.2 Å². The van der Waals surface area contributed by atoms with E-state index >= 15 is 0 Å². The largest absolute Gasteiger partial charge is 0.504 e. The number of halogens is 1. The van der Waals surface area contributed by atoms with Crippen LogP contribution in [-0.2, 0) is 43.2 Å². The first kappa shape index (κ1) is 41.7. The number of nitrogen functional groups attached to an aromatic ring is 1. The number of phenolic OH excluding ortho intramolecular Hbond substituents is 2. The lowest BCUT2D eigenvalue weighted by molar-refractivity contribution is -0.168. The Morgan fingerprint density at radius 2 is 1.79 bits per heavy atom. The number of thiazole rings is 1. The number of aromatic nitrogens is 1. The van der Waals surface area contributed by atoms with E-state index in [0.717, 1.165) is 33.3 Å². The van der Waals surface area contributed by atoms with Crippen molar-refractivity contribution >= 4 is 98.6 Å². The lowest BCUT2D eigenvalue weighted by Gasteiger charge is -2.41. The molecule has 27 heteroatoms. The van der Waals surface area contributed by atoms with Crippen molar-refractivity contribution in [1.29, 1.82) is 0 Å². The van der Waals surface area contributed by atoms with Gasteiger partial charge in [-0.05, 0) is 26.0 Å². The lowest BCUT2D eigenvalue weighted by Crippen LogP contribution is -2.69. The van der Waals surface area contributed by atoms with E-state index in [1.807, 2.05) is 0 Å². The fourth-order valence-electron chi connectivity index (χ4n) is 5.44. The van der Waals surface area contributed by atoms with Gasteiger partial charge in [-0.1, -0.05) is 33.7 Å². The summed E-state index contributed by atoms with van der Waals surface area (Å²) in [5.41, 5.74) is 4.41. The maximum atomic E-state index is 13.4. The molecule has 0 radical (unpaired) electrons. The minimum atomic E-state index is -2.20. The Hall–Kier alpha value is -6.41. The number of nitrogens with two attached hydrogens (primary N) is 1. The number of phenols is 2. The van der Waals surface area contributed by atoms with E-state index in [1.54, 1.807) is 0 Å². The first-order chi connectivity index (χ1) is 26.7. The summed E-state index contributed by atoms with van der Waals surface area (Å²) in [7, 11) is 0. The number of hydrogen-bond acceptors (Lipinski definition) is 18. The molecule has 6 amide bonds. The third-order valence-electron chi connectivity index (χ3n) is 8.54. The van der Waals surface area contributed by atoms with Crippen molar-refractivity contribution in [3.8, 4) is 11.5 Å². The second kappa shape index (κ2) is 16.0. The van der Waals surface area contributed by atoms with Gasteiger partial charge in [0.2, 0.25) is 22.3 Å². The zero-order valence-electron chi connectivity index (χ0n) is 29.3. The molecule has 5 rings (SSSR count). The first-order valence-electron chi connectivity index (χ1n) is 16.1. The Morgan fingerprint density at radius 1 is 1.09 bits per heavy atom. The van der Waals surface area contributed by atoms with Gasteiger partial charge >= 0.3 is 23.8 Å². The summed E-state index contributed by atoms with van der Waals surface area (Å²) < 4.78 is 0. The predicted molar refractivity (Wildman–Crippen MR) is 194 cm³/mol. The number of rotatable bonds is 14. The molecule has 1 aromatic carbocycles. The number of benzene rings is 1. The monoisotopic (exact) mass is 854 g/mol. The minimum Gasteiger partial charge on any atom is -0.504 e. The number of nitrogens with one attached hydrogen (secondary N) is 3. The number of anilines is 1. The van der Waals surface area contributed by atoms with Crippen molar-refractivity contribution in [3.05, 3.63) is 33.8 Å². The number of oxime groups is 2. The average molecular weight is 855 g/mol. The Bertz CT molecular complexity index is 2150. The lowest BCUT2D eigenvalue weighted by atomic mass is 10.0. The van der Waals surface area contributed by atoms with Crippen LogP contribution in [0.25, 0.3) is 0 Å². The van der Waals surface area contributed by atoms with Crippen molar-refractivity contribution in [2.45, 2.75) is 42.2 Å². The second-order valence-corrected chi connectivity index (χ2v) is 15.3. The van der Waals surface area contributed by atoms with Crippen molar-refractivity contribution in [3.63, 3.8) is 0 Å². The number of thioether (sulfide) groups is 1. The molecule has 0 bridgehead atoms. The van der Waals surface area contributed by atoms with Crippen LogP contribution in [0.5, 0.6) is 11.5 Å². The second-order valence-electron chi connectivity index (χ2n) is 12.6. The van der Waals surface area contributed by atoms with Crippen LogP contribution in [0.4, 0.5) is 5.13 Å². The van der Waals surface area contributed by atoms with Gasteiger partial charge in [0.1, 0.15) is 17.1 Å². The van der Waals surface area contributed by atoms with Crippen molar-refractivity contribution < 1.29 is 68.8 Å². The summed E-state index contributed by atoms with van der Waals surface area (Å²) in [6.07, 6.45) is -0.479. The molecule has 2 aromatic rings. The van der Waals surface area contributed by atoms with Crippen LogP contribution in [0.15, 0.2) is 27.8 Å². The number of hydrogen-bond donors (Lipinski definition) is 9. The molecule has 3 atom stereocenters. The number of fused-ring (bicyclic) bond motifs is 1. The molecular formula is C30H31ClN10O14S2. The number of carboxylic acid groups (broad SMARTS) is 2. The highest BCUT2D eigenvalue weighted by molar-refractivity contribution is 8.02.